The number of carbonyl (C=O) groups is 1. The predicted molar refractivity (Wildman–Crippen MR) is 135 cm³/mol. The highest BCUT2D eigenvalue weighted by Gasteiger charge is 2.26. The Morgan fingerprint density at radius 1 is 1.21 bits per heavy atom. The number of likely N-dealkylation sites (tertiary alicyclic amines) is 1. The molecule has 0 radical (unpaired) electrons. The Morgan fingerprint density at radius 3 is 2.91 bits per heavy atom. The van der Waals surface area contributed by atoms with Gasteiger partial charge < -0.3 is 10.3 Å². The molecule has 1 aromatic carbocycles. The summed E-state index contributed by atoms with van der Waals surface area (Å²) >= 11 is 0. The second kappa shape index (κ2) is 10.2. The summed E-state index contributed by atoms with van der Waals surface area (Å²) in [6.07, 6.45) is 9.10. The molecule has 2 unspecified atom stereocenters. The predicted octanol–water partition coefficient (Wildman–Crippen LogP) is 4.07. The summed E-state index contributed by atoms with van der Waals surface area (Å²) in [7, 11) is 2.14. The van der Waals surface area contributed by atoms with E-state index in [0.29, 0.717) is 24.7 Å². The van der Waals surface area contributed by atoms with Gasteiger partial charge in [-0.3, -0.25) is 19.6 Å². The average molecular weight is 461 g/mol. The maximum absolute atomic E-state index is 13.1. The molecule has 0 bridgehead atoms. The van der Waals surface area contributed by atoms with Crippen molar-refractivity contribution >= 4 is 16.9 Å². The van der Waals surface area contributed by atoms with Gasteiger partial charge in [0, 0.05) is 18.8 Å². The molecule has 3 aromatic rings. The first kappa shape index (κ1) is 23.0. The second-order valence-electron chi connectivity index (χ2n) is 9.91. The van der Waals surface area contributed by atoms with Crippen LogP contribution in [0.15, 0.2) is 36.5 Å². The van der Waals surface area contributed by atoms with Gasteiger partial charge in [0.15, 0.2) is 0 Å². The molecule has 2 N–H and O–H groups in total. The summed E-state index contributed by atoms with van der Waals surface area (Å²) in [6, 6.07) is 10.7. The maximum Gasteiger partial charge on any atom is 0.253 e. The number of nitrogens with zero attached hydrogens (tertiary/aromatic N) is 4. The molecule has 2 aliphatic rings. The third kappa shape index (κ3) is 4.86. The number of hydrogen-bond acceptors (Lipinski definition) is 5. The van der Waals surface area contributed by atoms with Crippen LogP contribution in [0.25, 0.3) is 11.0 Å². The number of rotatable bonds is 7. The quantitative estimate of drug-likeness (QED) is 0.556. The van der Waals surface area contributed by atoms with Gasteiger partial charge in [-0.15, -0.1) is 0 Å². The van der Waals surface area contributed by atoms with Crippen LogP contribution in [0.4, 0.5) is 0 Å². The van der Waals surface area contributed by atoms with Gasteiger partial charge in [-0.1, -0.05) is 18.6 Å². The first-order valence-electron chi connectivity index (χ1n) is 12.7. The Bertz CT molecular complexity index is 1140. The lowest BCUT2D eigenvalue weighted by Crippen LogP contribution is -2.44. The molecule has 2 atom stereocenters. The van der Waals surface area contributed by atoms with Crippen LogP contribution in [-0.4, -0.2) is 63.4 Å². The number of aryl methyl sites for hydroxylation is 1. The molecule has 0 spiro atoms. The average Bonchev–Trinajstić information content (AvgIpc) is 3.29. The van der Waals surface area contributed by atoms with E-state index in [1.807, 2.05) is 30.5 Å². The number of aromatic nitrogens is 3. The van der Waals surface area contributed by atoms with E-state index in [1.165, 1.54) is 36.9 Å². The molecular formula is C27H36N6O. The first-order chi connectivity index (χ1) is 16.6. The van der Waals surface area contributed by atoms with E-state index in [4.69, 9.17) is 4.98 Å². The molecule has 1 saturated heterocycles. The third-order valence-corrected chi connectivity index (χ3v) is 7.48. The minimum absolute atomic E-state index is 0.0497. The molecule has 3 heterocycles. The minimum atomic E-state index is -0.0497. The number of carbonyl (C=O) groups excluding carboxylic acids is 1. The van der Waals surface area contributed by atoms with Gasteiger partial charge in [0.05, 0.1) is 29.4 Å². The molecule has 1 fully saturated rings. The smallest absolute Gasteiger partial charge is 0.253 e. The Balaban J connectivity index is 1.27. The van der Waals surface area contributed by atoms with Gasteiger partial charge in [0.1, 0.15) is 11.3 Å². The fraction of sp³-hybridized carbons (Fsp3) is 0.519. The van der Waals surface area contributed by atoms with Crippen LogP contribution >= 0.6 is 0 Å². The monoisotopic (exact) mass is 460 g/mol. The molecule has 1 aliphatic heterocycles. The Hall–Kier alpha value is -2.77. The number of para-hydroxylation sites is 1. The summed E-state index contributed by atoms with van der Waals surface area (Å²) in [5.74, 6) is 0.828. The summed E-state index contributed by atoms with van der Waals surface area (Å²) < 4.78 is 0. The van der Waals surface area contributed by atoms with Gasteiger partial charge in [-0.05, 0) is 82.9 Å². The Labute approximate surface area is 202 Å². The molecule has 1 aliphatic carbocycles. The van der Waals surface area contributed by atoms with Crippen molar-refractivity contribution < 1.29 is 4.79 Å². The number of aromatic amines is 1. The van der Waals surface area contributed by atoms with Crippen molar-refractivity contribution in [3.8, 4) is 0 Å². The molecule has 5 rings (SSSR count). The van der Waals surface area contributed by atoms with Crippen LogP contribution in [0.1, 0.15) is 72.5 Å². The molecule has 34 heavy (non-hydrogen) atoms. The fourth-order valence-corrected chi connectivity index (χ4v) is 5.53. The summed E-state index contributed by atoms with van der Waals surface area (Å²) in [6.45, 7) is 5.80. The van der Waals surface area contributed by atoms with E-state index < -0.39 is 0 Å². The van der Waals surface area contributed by atoms with Gasteiger partial charge in [-0.25, -0.2) is 4.98 Å². The lowest BCUT2D eigenvalue weighted by Gasteiger charge is -2.32. The molecule has 2 aromatic heterocycles. The van der Waals surface area contributed by atoms with Crippen LogP contribution in [0, 0.1) is 0 Å². The zero-order valence-corrected chi connectivity index (χ0v) is 20.4. The van der Waals surface area contributed by atoms with Crippen LogP contribution in [0.2, 0.25) is 0 Å². The topological polar surface area (TPSA) is 77.1 Å². The highest BCUT2D eigenvalue weighted by molar-refractivity contribution is 6.04. The van der Waals surface area contributed by atoms with Gasteiger partial charge >= 0.3 is 0 Å². The Morgan fingerprint density at radius 2 is 2.06 bits per heavy atom. The first-order valence-corrected chi connectivity index (χ1v) is 12.7. The lowest BCUT2D eigenvalue weighted by molar-refractivity contribution is 0.0931. The van der Waals surface area contributed by atoms with E-state index in [1.54, 1.807) is 0 Å². The van der Waals surface area contributed by atoms with Crippen molar-refractivity contribution in [1.82, 2.24) is 30.1 Å². The molecular weight excluding hydrogens is 424 g/mol. The number of hydrogen-bond donors (Lipinski definition) is 2. The number of amides is 1. The second-order valence-corrected chi connectivity index (χ2v) is 9.91. The van der Waals surface area contributed by atoms with Crippen molar-refractivity contribution in [3.63, 3.8) is 0 Å². The number of pyridine rings is 1. The Kier molecular flexibility index (Phi) is 6.92. The highest BCUT2D eigenvalue weighted by Crippen LogP contribution is 2.32. The van der Waals surface area contributed by atoms with Crippen molar-refractivity contribution in [3.05, 3.63) is 59.2 Å². The van der Waals surface area contributed by atoms with Crippen LogP contribution in [-0.2, 0) is 13.0 Å². The van der Waals surface area contributed by atoms with E-state index >= 15 is 0 Å². The number of benzene rings is 1. The number of nitrogens with one attached hydrogen (secondary N) is 2. The zero-order chi connectivity index (χ0) is 23.5. The van der Waals surface area contributed by atoms with Crippen LogP contribution in [0.3, 0.4) is 0 Å². The molecule has 7 heteroatoms. The van der Waals surface area contributed by atoms with Crippen molar-refractivity contribution in [1.29, 1.82) is 0 Å². The van der Waals surface area contributed by atoms with Crippen molar-refractivity contribution in [2.75, 3.05) is 26.7 Å². The van der Waals surface area contributed by atoms with Gasteiger partial charge in [0.2, 0.25) is 0 Å². The third-order valence-electron chi connectivity index (χ3n) is 7.48. The largest absolute Gasteiger partial charge is 0.350 e. The van der Waals surface area contributed by atoms with E-state index in [9.17, 15) is 4.79 Å². The van der Waals surface area contributed by atoms with Crippen LogP contribution in [0.5, 0.6) is 0 Å². The number of imidazole rings is 1. The summed E-state index contributed by atoms with van der Waals surface area (Å²) in [5.41, 5.74) is 4.83. The number of H-pyrrole nitrogens is 1. The number of piperidine rings is 1. The van der Waals surface area contributed by atoms with Crippen molar-refractivity contribution in [2.45, 2.75) is 64.1 Å². The summed E-state index contributed by atoms with van der Waals surface area (Å²) in [5, 5.41) is 3.15. The molecule has 180 valence electrons. The van der Waals surface area contributed by atoms with E-state index in [2.05, 4.69) is 45.1 Å². The van der Waals surface area contributed by atoms with E-state index in [-0.39, 0.29) is 11.9 Å². The van der Waals surface area contributed by atoms with E-state index in [0.717, 1.165) is 42.8 Å². The molecule has 7 nitrogen and oxygen atoms in total. The van der Waals surface area contributed by atoms with Crippen LogP contribution < -0.4 is 5.32 Å². The molecule has 0 saturated carbocycles. The minimum Gasteiger partial charge on any atom is -0.350 e. The summed E-state index contributed by atoms with van der Waals surface area (Å²) in [4.78, 5) is 30.8. The maximum atomic E-state index is 13.1. The van der Waals surface area contributed by atoms with Crippen molar-refractivity contribution in [2.24, 2.45) is 0 Å². The fourth-order valence-electron chi connectivity index (χ4n) is 5.53. The lowest BCUT2D eigenvalue weighted by atomic mass is 9.91. The normalized spacial score (nSPS) is 19.8. The van der Waals surface area contributed by atoms with Gasteiger partial charge in [0.25, 0.3) is 5.91 Å². The standard InChI is InChI=1S/C27H36N6O/c1-19(33-15-4-3-5-16-33)17-29-27(34)21-11-7-12-22-26(21)31-24(30-22)18-32(2)23-13-6-9-20-10-8-14-28-25(20)23/h7-8,10-12,14,19,23H,3-6,9,13,15-18H2,1-2H3,(H,29,34)(H,30,31). The molecule has 1 amide bonds. The van der Waals surface area contributed by atoms with Gasteiger partial charge in [-0.2, -0.15) is 0 Å². The number of fused-ring (bicyclic) bond motifs is 2. The zero-order valence-electron chi connectivity index (χ0n) is 20.4. The SMILES string of the molecule is CC(CNC(=O)c1cccc2[nH]c(CN(C)C3CCCc4cccnc43)nc12)N1CCCCC1. The highest BCUT2D eigenvalue weighted by atomic mass is 16.1.